The van der Waals surface area contributed by atoms with Crippen molar-refractivity contribution in [2.24, 2.45) is 0 Å². The van der Waals surface area contributed by atoms with Crippen LogP contribution in [0, 0.1) is 0 Å². The van der Waals surface area contributed by atoms with E-state index in [0.29, 0.717) is 25.7 Å². The molecule has 0 N–H and O–H groups in total. The number of hydrogen-bond donors (Lipinski definition) is 0. The highest BCUT2D eigenvalue weighted by Crippen LogP contribution is 2.15. The first-order valence-electron chi connectivity index (χ1n) is 32.8. The van der Waals surface area contributed by atoms with E-state index in [2.05, 4.69) is 167 Å². The average Bonchev–Trinajstić information content (AvgIpc) is 3.46. The molecular formula is C74H120O6. The molecule has 0 bridgehead atoms. The summed E-state index contributed by atoms with van der Waals surface area (Å²) in [7, 11) is 0. The molecule has 80 heavy (non-hydrogen) atoms. The Morgan fingerprint density at radius 1 is 0.263 bits per heavy atom. The standard InChI is InChI=1S/C74H120O6/c1-4-7-10-13-16-19-22-25-27-29-30-31-32-33-34-35-36-37-38-39-40-41-42-43-44-46-47-49-52-55-58-61-64-67-73(76)79-70-71(69-78-72(75)66-63-60-57-54-51-24-21-18-15-12-9-6-3)80-74(77)68-65-62-59-56-53-50-48-45-28-26-23-20-17-14-11-8-5-2/h7,10,16-17,19-20,25-28,30-31,33-34,36-37,39-40,42-43,46-47,52,55,71H,4-6,8-9,11-15,18,21-24,29,32,35,38,41,44-45,48-51,53-54,56-70H2,1-3H3/b10-7-,19-16-,20-17-,27-25-,28-26-,31-30-,34-33-,37-36-,40-39-,43-42-,47-46-,55-52-. The maximum atomic E-state index is 12.9. The number of rotatable bonds is 58. The largest absolute Gasteiger partial charge is 0.462 e. The summed E-state index contributed by atoms with van der Waals surface area (Å²) in [5.41, 5.74) is 0. The van der Waals surface area contributed by atoms with Gasteiger partial charge in [-0.15, -0.1) is 0 Å². The highest BCUT2D eigenvalue weighted by Gasteiger charge is 2.19. The van der Waals surface area contributed by atoms with Crippen molar-refractivity contribution in [1.29, 1.82) is 0 Å². The Bertz CT molecular complexity index is 1750. The van der Waals surface area contributed by atoms with Crippen molar-refractivity contribution in [2.75, 3.05) is 13.2 Å². The number of carbonyl (C=O) groups excluding carboxylic acids is 3. The summed E-state index contributed by atoms with van der Waals surface area (Å²) in [5.74, 6) is -0.950. The van der Waals surface area contributed by atoms with Crippen LogP contribution in [0.15, 0.2) is 146 Å². The summed E-state index contributed by atoms with van der Waals surface area (Å²) in [6.07, 6.45) is 95.7. The predicted molar refractivity (Wildman–Crippen MR) is 348 cm³/mol. The van der Waals surface area contributed by atoms with Crippen LogP contribution in [0.5, 0.6) is 0 Å². The topological polar surface area (TPSA) is 78.9 Å². The van der Waals surface area contributed by atoms with E-state index in [4.69, 9.17) is 14.2 Å². The van der Waals surface area contributed by atoms with Crippen LogP contribution in [0.2, 0.25) is 0 Å². The first kappa shape index (κ1) is 75.3. The normalized spacial score (nSPS) is 13.1. The van der Waals surface area contributed by atoms with Crippen molar-refractivity contribution in [3.05, 3.63) is 146 Å². The molecular weight excluding hydrogens is 985 g/mol. The summed E-state index contributed by atoms with van der Waals surface area (Å²) >= 11 is 0. The summed E-state index contributed by atoms with van der Waals surface area (Å²) in [6, 6.07) is 0. The fraction of sp³-hybridized carbons (Fsp3) is 0.635. The summed E-state index contributed by atoms with van der Waals surface area (Å²) in [5, 5.41) is 0. The van der Waals surface area contributed by atoms with Gasteiger partial charge in [0.05, 0.1) is 0 Å². The number of ether oxygens (including phenoxy) is 3. The van der Waals surface area contributed by atoms with Crippen LogP contribution >= 0.6 is 0 Å². The zero-order chi connectivity index (χ0) is 57.8. The van der Waals surface area contributed by atoms with Crippen molar-refractivity contribution in [1.82, 2.24) is 0 Å². The summed E-state index contributed by atoms with van der Waals surface area (Å²) in [4.78, 5) is 38.3. The lowest BCUT2D eigenvalue weighted by atomic mass is 10.0. The van der Waals surface area contributed by atoms with Gasteiger partial charge in [-0.2, -0.15) is 0 Å². The lowest BCUT2D eigenvalue weighted by molar-refractivity contribution is -0.167. The second-order valence-electron chi connectivity index (χ2n) is 21.3. The Labute approximate surface area is 493 Å². The minimum atomic E-state index is -0.804. The molecule has 0 aromatic carbocycles. The maximum absolute atomic E-state index is 12.9. The van der Waals surface area contributed by atoms with E-state index < -0.39 is 6.10 Å². The zero-order valence-electron chi connectivity index (χ0n) is 51.8. The van der Waals surface area contributed by atoms with Crippen LogP contribution in [0.4, 0.5) is 0 Å². The highest BCUT2D eigenvalue weighted by atomic mass is 16.6. The number of hydrogen-bond acceptors (Lipinski definition) is 6. The SMILES string of the molecule is CC/C=C\C/C=C\C/C=C\C/C=C\C/C=C\C/C=C\C/C=C\C/C=C\C/C=C\C/C=C\CCCCC(=O)OCC(COC(=O)CCCCCCCCCCCCCC)OC(=O)CCCCCCCCC/C=C\C/C=C\CCCCC. The molecule has 0 radical (unpaired) electrons. The van der Waals surface area contributed by atoms with E-state index in [1.54, 1.807) is 0 Å². The second kappa shape index (κ2) is 66.8. The Kier molecular flexibility index (Phi) is 62.9. The summed E-state index contributed by atoms with van der Waals surface area (Å²) < 4.78 is 16.9. The van der Waals surface area contributed by atoms with Crippen molar-refractivity contribution in [2.45, 2.75) is 290 Å². The quantitative estimate of drug-likeness (QED) is 0.0261. The molecule has 0 aliphatic rings. The Morgan fingerprint density at radius 2 is 0.487 bits per heavy atom. The van der Waals surface area contributed by atoms with E-state index in [0.717, 1.165) is 128 Å². The van der Waals surface area contributed by atoms with E-state index in [-0.39, 0.29) is 31.1 Å². The number of carbonyl (C=O) groups is 3. The van der Waals surface area contributed by atoms with Crippen molar-refractivity contribution >= 4 is 17.9 Å². The lowest BCUT2D eigenvalue weighted by Crippen LogP contribution is -2.30. The Hall–Kier alpha value is -4.71. The monoisotopic (exact) mass is 1100 g/mol. The third kappa shape index (κ3) is 64.1. The Morgan fingerprint density at radius 3 is 0.812 bits per heavy atom. The van der Waals surface area contributed by atoms with Crippen LogP contribution in [-0.4, -0.2) is 37.2 Å². The van der Waals surface area contributed by atoms with Gasteiger partial charge in [-0.25, -0.2) is 0 Å². The van der Waals surface area contributed by atoms with Gasteiger partial charge in [-0.3, -0.25) is 14.4 Å². The van der Waals surface area contributed by atoms with Gasteiger partial charge in [-0.05, 0) is 128 Å². The molecule has 0 aromatic rings. The third-order valence-corrected chi connectivity index (χ3v) is 13.6. The van der Waals surface area contributed by atoms with Crippen LogP contribution < -0.4 is 0 Å². The van der Waals surface area contributed by atoms with Gasteiger partial charge < -0.3 is 14.2 Å². The molecule has 0 aliphatic heterocycles. The van der Waals surface area contributed by atoms with Gasteiger partial charge in [0, 0.05) is 19.3 Å². The maximum Gasteiger partial charge on any atom is 0.306 e. The zero-order valence-corrected chi connectivity index (χ0v) is 51.8. The summed E-state index contributed by atoms with van der Waals surface area (Å²) in [6.45, 7) is 6.46. The number of esters is 3. The van der Waals surface area contributed by atoms with Gasteiger partial charge >= 0.3 is 17.9 Å². The molecule has 452 valence electrons. The van der Waals surface area contributed by atoms with Gasteiger partial charge in [0.25, 0.3) is 0 Å². The molecule has 6 nitrogen and oxygen atoms in total. The molecule has 0 saturated heterocycles. The van der Waals surface area contributed by atoms with Crippen molar-refractivity contribution < 1.29 is 28.6 Å². The van der Waals surface area contributed by atoms with Crippen LogP contribution in [-0.2, 0) is 28.6 Å². The smallest absolute Gasteiger partial charge is 0.306 e. The molecule has 0 fully saturated rings. The van der Waals surface area contributed by atoms with Crippen molar-refractivity contribution in [3.63, 3.8) is 0 Å². The minimum Gasteiger partial charge on any atom is -0.462 e. The Balaban J connectivity index is 4.38. The van der Waals surface area contributed by atoms with Crippen LogP contribution in [0.25, 0.3) is 0 Å². The van der Waals surface area contributed by atoms with E-state index in [9.17, 15) is 14.4 Å². The van der Waals surface area contributed by atoms with E-state index in [1.807, 2.05) is 0 Å². The first-order chi connectivity index (χ1) is 39.5. The number of unbranched alkanes of at least 4 members (excludes halogenated alkanes) is 23. The fourth-order valence-corrected chi connectivity index (χ4v) is 8.68. The molecule has 0 aromatic heterocycles. The van der Waals surface area contributed by atoms with Gasteiger partial charge in [-0.1, -0.05) is 282 Å². The molecule has 0 saturated carbocycles. The second-order valence-corrected chi connectivity index (χ2v) is 21.3. The molecule has 0 heterocycles. The molecule has 0 spiro atoms. The predicted octanol–water partition coefficient (Wildman–Crippen LogP) is 22.7. The van der Waals surface area contributed by atoms with Crippen LogP contribution in [0.1, 0.15) is 284 Å². The molecule has 0 aliphatic carbocycles. The van der Waals surface area contributed by atoms with E-state index >= 15 is 0 Å². The lowest BCUT2D eigenvalue weighted by Gasteiger charge is -2.18. The average molecular weight is 1110 g/mol. The molecule has 1 unspecified atom stereocenters. The van der Waals surface area contributed by atoms with Crippen LogP contribution in [0.3, 0.4) is 0 Å². The molecule has 1 atom stereocenters. The highest BCUT2D eigenvalue weighted by molar-refractivity contribution is 5.71. The van der Waals surface area contributed by atoms with Gasteiger partial charge in [0.15, 0.2) is 6.10 Å². The van der Waals surface area contributed by atoms with Gasteiger partial charge in [0.2, 0.25) is 0 Å². The molecule has 0 amide bonds. The fourth-order valence-electron chi connectivity index (χ4n) is 8.68. The molecule has 6 heteroatoms. The van der Waals surface area contributed by atoms with Crippen molar-refractivity contribution in [3.8, 4) is 0 Å². The third-order valence-electron chi connectivity index (χ3n) is 13.6. The number of allylic oxidation sites excluding steroid dienone is 24. The van der Waals surface area contributed by atoms with E-state index in [1.165, 1.54) is 109 Å². The first-order valence-corrected chi connectivity index (χ1v) is 32.8. The van der Waals surface area contributed by atoms with Gasteiger partial charge in [0.1, 0.15) is 13.2 Å². The minimum absolute atomic E-state index is 0.0970. The molecule has 0 rings (SSSR count).